The summed E-state index contributed by atoms with van der Waals surface area (Å²) in [6.07, 6.45) is 6.47. The molecule has 5 rings (SSSR count). The number of carbonyl (C=O) groups is 1. The number of carbonyl (C=O) groups excluding carboxylic acids is 1. The van der Waals surface area contributed by atoms with Crippen LogP contribution in [-0.4, -0.2) is 29.5 Å². The van der Waals surface area contributed by atoms with Crippen LogP contribution in [0.3, 0.4) is 0 Å². The lowest BCUT2D eigenvalue weighted by Crippen LogP contribution is -2.19. The third-order valence-electron chi connectivity index (χ3n) is 6.62. The van der Waals surface area contributed by atoms with Gasteiger partial charge in [-0.05, 0) is 61.6 Å². The normalized spacial score (nSPS) is 14.1. The van der Waals surface area contributed by atoms with Crippen LogP contribution in [0.5, 0.6) is 0 Å². The predicted molar refractivity (Wildman–Crippen MR) is 141 cm³/mol. The summed E-state index contributed by atoms with van der Waals surface area (Å²) in [5.41, 5.74) is 0.884. The molecule has 0 unspecified atom stereocenters. The molecule has 1 aliphatic carbocycles. The fourth-order valence-corrected chi connectivity index (χ4v) is 5.78. The van der Waals surface area contributed by atoms with Gasteiger partial charge in [-0.2, -0.15) is 0 Å². The number of rotatable bonds is 8. The van der Waals surface area contributed by atoms with Gasteiger partial charge in [0.15, 0.2) is 5.82 Å². The number of halogens is 3. The Labute approximate surface area is 218 Å². The van der Waals surface area contributed by atoms with Crippen LogP contribution in [0, 0.1) is 11.6 Å². The van der Waals surface area contributed by atoms with Crippen molar-refractivity contribution in [1.29, 1.82) is 0 Å². The van der Waals surface area contributed by atoms with E-state index in [1.54, 1.807) is 37.5 Å². The fourth-order valence-electron chi connectivity index (χ4n) is 4.52. The molecule has 0 saturated heterocycles. The predicted octanol–water partition coefficient (Wildman–Crippen LogP) is 6.74. The molecule has 0 bridgehead atoms. The van der Waals surface area contributed by atoms with E-state index in [4.69, 9.17) is 11.6 Å². The molecule has 2 heterocycles. The fraction of sp³-hybridized carbons (Fsp3) is 0.259. The van der Waals surface area contributed by atoms with Crippen molar-refractivity contribution in [3.05, 3.63) is 82.6 Å². The molecule has 0 spiro atoms. The van der Waals surface area contributed by atoms with Crippen LogP contribution in [0.2, 0.25) is 5.02 Å². The molecular weight excluding hydrogens is 520 g/mol. The van der Waals surface area contributed by atoms with Crippen LogP contribution < -0.4 is 4.72 Å². The second-order valence-corrected chi connectivity index (χ2v) is 11.4. The Balaban J connectivity index is 1.64. The van der Waals surface area contributed by atoms with Crippen LogP contribution in [-0.2, 0) is 10.0 Å². The zero-order chi connectivity index (χ0) is 26.3. The molecule has 1 N–H and O–H groups in total. The number of ketones is 1. The van der Waals surface area contributed by atoms with Gasteiger partial charge in [0.05, 0.1) is 17.0 Å². The van der Waals surface area contributed by atoms with E-state index in [9.17, 15) is 17.6 Å². The van der Waals surface area contributed by atoms with E-state index >= 15 is 4.39 Å². The number of benzene rings is 2. The number of hydrogen-bond donors (Lipinski definition) is 1. The third-order valence-corrected chi connectivity index (χ3v) is 8.34. The highest BCUT2D eigenvalue weighted by Gasteiger charge is 2.29. The van der Waals surface area contributed by atoms with Crippen molar-refractivity contribution in [2.75, 3.05) is 10.5 Å². The SMILES string of the molecule is CCCS(=O)(=O)Nc1ccc(F)c(C(=O)c2cn(C3CCC3)c3ncc(-c4ccc(Cl)cc4)cc23)c1F. The second-order valence-electron chi connectivity index (χ2n) is 9.17. The molecule has 192 valence electrons. The van der Waals surface area contributed by atoms with Gasteiger partial charge in [0.1, 0.15) is 11.5 Å². The molecule has 1 saturated carbocycles. The Morgan fingerprint density at radius 2 is 1.86 bits per heavy atom. The van der Waals surface area contributed by atoms with Crippen molar-refractivity contribution in [3.63, 3.8) is 0 Å². The number of nitrogens with one attached hydrogen (secondary N) is 1. The molecule has 0 radical (unpaired) electrons. The topological polar surface area (TPSA) is 81.1 Å². The quantitative estimate of drug-likeness (QED) is 0.249. The molecule has 2 aromatic carbocycles. The number of hydrogen-bond acceptors (Lipinski definition) is 4. The van der Waals surface area contributed by atoms with Gasteiger partial charge in [0.2, 0.25) is 15.8 Å². The van der Waals surface area contributed by atoms with Crippen molar-refractivity contribution in [1.82, 2.24) is 9.55 Å². The summed E-state index contributed by atoms with van der Waals surface area (Å²) in [5.74, 6) is -3.45. The van der Waals surface area contributed by atoms with E-state index in [2.05, 4.69) is 9.71 Å². The van der Waals surface area contributed by atoms with E-state index in [1.807, 2.05) is 16.7 Å². The van der Waals surface area contributed by atoms with E-state index in [-0.39, 0.29) is 17.4 Å². The second kappa shape index (κ2) is 9.87. The summed E-state index contributed by atoms with van der Waals surface area (Å²) in [6.45, 7) is 1.67. The number of fused-ring (bicyclic) bond motifs is 1. The summed E-state index contributed by atoms with van der Waals surface area (Å²) < 4.78 is 58.8. The van der Waals surface area contributed by atoms with Crippen molar-refractivity contribution < 1.29 is 22.0 Å². The maximum atomic E-state index is 15.4. The zero-order valence-electron chi connectivity index (χ0n) is 20.0. The first-order valence-electron chi connectivity index (χ1n) is 12.0. The first-order valence-corrected chi connectivity index (χ1v) is 14.0. The average Bonchev–Trinajstić information content (AvgIpc) is 3.18. The monoisotopic (exact) mass is 543 g/mol. The summed E-state index contributed by atoms with van der Waals surface area (Å²) in [4.78, 5) is 18.3. The molecule has 4 aromatic rings. The first-order chi connectivity index (χ1) is 17.7. The number of pyridine rings is 1. The summed E-state index contributed by atoms with van der Waals surface area (Å²) >= 11 is 6.01. The lowest BCUT2D eigenvalue weighted by molar-refractivity contribution is 0.103. The van der Waals surface area contributed by atoms with Gasteiger partial charge >= 0.3 is 0 Å². The van der Waals surface area contributed by atoms with E-state index < -0.39 is 38.7 Å². The number of aromatic nitrogens is 2. The summed E-state index contributed by atoms with van der Waals surface area (Å²) in [7, 11) is -3.85. The number of nitrogens with zero attached hydrogens (tertiary/aromatic N) is 2. The molecule has 0 aliphatic heterocycles. The standard InChI is InChI=1S/C27H24ClF2N3O3S/c1-2-12-37(35,36)32-23-11-10-22(29)24(25(23)30)26(34)21-15-33(19-4-3-5-19)27-20(21)13-17(14-31-27)16-6-8-18(28)9-7-16/h6-11,13-15,19,32H,2-5,12H2,1H3. The van der Waals surface area contributed by atoms with Crippen molar-refractivity contribution in [2.45, 2.75) is 38.6 Å². The molecule has 2 aromatic heterocycles. The average molecular weight is 544 g/mol. The summed E-state index contributed by atoms with van der Waals surface area (Å²) in [5, 5.41) is 1.03. The minimum absolute atomic E-state index is 0.0941. The largest absolute Gasteiger partial charge is 0.329 e. The lowest BCUT2D eigenvalue weighted by Gasteiger charge is -2.27. The maximum Gasteiger partial charge on any atom is 0.232 e. The molecule has 10 heteroatoms. The smallest absolute Gasteiger partial charge is 0.232 e. The highest BCUT2D eigenvalue weighted by atomic mass is 35.5. The Morgan fingerprint density at radius 1 is 1.14 bits per heavy atom. The van der Waals surface area contributed by atoms with E-state index in [0.717, 1.165) is 37.0 Å². The summed E-state index contributed by atoms with van der Waals surface area (Å²) in [6, 6.07) is 10.9. The molecule has 0 atom stereocenters. The van der Waals surface area contributed by atoms with Gasteiger partial charge in [-0.1, -0.05) is 30.7 Å². The minimum atomic E-state index is -3.85. The molecule has 1 aliphatic rings. The Bertz CT molecular complexity index is 1610. The third kappa shape index (κ3) is 4.85. The Hall–Kier alpha value is -3.30. The highest BCUT2D eigenvalue weighted by molar-refractivity contribution is 7.92. The minimum Gasteiger partial charge on any atom is -0.329 e. The van der Waals surface area contributed by atoms with Crippen LogP contribution in [0.4, 0.5) is 14.5 Å². The van der Waals surface area contributed by atoms with Crippen LogP contribution in [0.1, 0.15) is 54.6 Å². The van der Waals surface area contributed by atoms with Gasteiger partial charge in [-0.25, -0.2) is 22.2 Å². The Kier molecular flexibility index (Phi) is 6.76. The highest BCUT2D eigenvalue weighted by Crippen LogP contribution is 2.38. The molecule has 37 heavy (non-hydrogen) atoms. The Morgan fingerprint density at radius 3 is 2.51 bits per heavy atom. The van der Waals surface area contributed by atoms with Gasteiger partial charge in [0.25, 0.3) is 0 Å². The maximum absolute atomic E-state index is 15.4. The lowest BCUT2D eigenvalue weighted by atomic mass is 9.93. The molecule has 1 fully saturated rings. The van der Waals surface area contributed by atoms with Crippen molar-refractivity contribution in [2.24, 2.45) is 0 Å². The van der Waals surface area contributed by atoms with Crippen LogP contribution >= 0.6 is 11.6 Å². The molecule has 0 amide bonds. The van der Waals surface area contributed by atoms with Gasteiger partial charge in [0, 0.05) is 40.0 Å². The van der Waals surface area contributed by atoms with Crippen molar-refractivity contribution in [3.8, 4) is 11.1 Å². The number of sulfonamides is 1. The number of anilines is 1. The first kappa shape index (κ1) is 25.4. The molecule has 6 nitrogen and oxygen atoms in total. The van der Waals surface area contributed by atoms with E-state index in [0.29, 0.717) is 28.0 Å². The van der Waals surface area contributed by atoms with Gasteiger partial charge < -0.3 is 4.57 Å². The zero-order valence-corrected chi connectivity index (χ0v) is 21.5. The van der Waals surface area contributed by atoms with Gasteiger partial charge in [-0.15, -0.1) is 0 Å². The van der Waals surface area contributed by atoms with E-state index in [1.165, 1.54) is 0 Å². The van der Waals surface area contributed by atoms with Crippen LogP contribution in [0.25, 0.3) is 22.2 Å². The molecular formula is C27H24ClF2N3O3S. The van der Waals surface area contributed by atoms with Crippen molar-refractivity contribution >= 4 is 44.1 Å². The van der Waals surface area contributed by atoms with Crippen LogP contribution in [0.15, 0.2) is 54.9 Å². The van der Waals surface area contributed by atoms with Gasteiger partial charge in [-0.3, -0.25) is 9.52 Å².